The standard InChI is InChI=1S/C36H49N5O2/c1-2-21-41-33-14-8-7-13-31(33)35(27-11-5-3-6-12-27)38-32(36(41)43)26-34(42)37-28-15-17-29(18-16-28)40-24-19-30(20-25-40)39-22-9-4-10-23-39/h7-8,13-18,27,30,32H,2-6,9-12,19-26H2,1H3,(H,37,42). The number of benzene rings is 2. The van der Waals surface area contributed by atoms with Gasteiger partial charge < -0.3 is 20.0 Å². The minimum absolute atomic E-state index is 0.0506. The summed E-state index contributed by atoms with van der Waals surface area (Å²) in [6.07, 6.45) is 13.2. The number of hydrogen-bond acceptors (Lipinski definition) is 5. The summed E-state index contributed by atoms with van der Waals surface area (Å²) in [4.78, 5) is 39.4. The van der Waals surface area contributed by atoms with E-state index in [0.29, 0.717) is 12.5 Å². The first kappa shape index (κ1) is 29.9. The van der Waals surface area contributed by atoms with Crippen LogP contribution in [0.2, 0.25) is 0 Å². The van der Waals surface area contributed by atoms with Gasteiger partial charge in [-0.2, -0.15) is 0 Å². The number of para-hydroxylation sites is 1. The Balaban J connectivity index is 1.12. The summed E-state index contributed by atoms with van der Waals surface area (Å²) in [7, 11) is 0. The van der Waals surface area contributed by atoms with Crippen molar-refractivity contribution in [2.75, 3.05) is 47.8 Å². The molecule has 7 nitrogen and oxygen atoms in total. The van der Waals surface area contributed by atoms with Crippen LogP contribution in [0.3, 0.4) is 0 Å². The van der Waals surface area contributed by atoms with E-state index in [9.17, 15) is 9.59 Å². The minimum Gasteiger partial charge on any atom is -0.371 e. The highest BCUT2D eigenvalue weighted by Crippen LogP contribution is 2.35. The molecular formula is C36H49N5O2. The number of piperidine rings is 2. The Morgan fingerprint density at radius 1 is 0.860 bits per heavy atom. The molecule has 1 atom stereocenters. The van der Waals surface area contributed by atoms with Crippen molar-refractivity contribution in [3.8, 4) is 0 Å². The maximum atomic E-state index is 13.9. The van der Waals surface area contributed by atoms with Crippen molar-refractivity contribution in [2.24, 2.45) is 10.9 Å². The fourth-order valence-corrected chi connectivity index (χ4v) is 7.72. The lowest BCUT2D eigenvalue weighted by Gasteiger charge is -2.41. The Kier molecular flexibility index (Phi) is 9.77. The second-order valence-electron chi connectivity index (χ2n) is 13.0. The van der Waals surface area contributed by atoms with Crippen molar-refractivity contribution in [3.63, 3.8) is 0 Å². The molecule has 1 N–H and O–H groups in total. The molecule has 2 aromatic carbocycles. The molecule has 4 aliphatic rings. The molecule has 3 heterocycles. The van der Waals surface area contributed by atoms with Gasteiger partial charge in [0, 0.05) is 54.2 Å². The number of fused-ring (bicyclic) bond motifs is 1. The minimum atomic E-state index is -0.712. The second kappa shape index (κ2) is 14.1. The van der Waals surface area contributed by atoms with E-state index in [1.54, 1.807) is 0 Å². The van der Waals surface area contributed by atoms with E-state index < -0.39 is 6.04 Å². The number of carbonyl (C=O) groups excluding carboxylic acids is 2. The molecule has 3 fully saturated rings. The summed E-state index contributed by atoms with van der Waals surface area (Å²) in [6.45, 7) is 7.40. The van der Waals surface area contributed by atoms with Gasteiger partial charge in [0.2, 0.25) is 5.91 Å². The number of hydrogen-bond donors (Lipinski definition) is 1. The maximum absolute atomic E-state index is 13.9. The van der Waals surface area contributed by atoms with Crippen molar-refractivity contribution in [1.82, 2.24) is 4.90 Å². The smallest absolute Gasteiger partial charge is 0.252 e. The molecule has 3 aliphatic heterocycles. The molecule has 0 spiro atoms. The van der Waals surface area contributed by atoms with Gasteiger partial charge in [0.05, 0.1) is 12.1 Å². The van der Waals surface area contributed by atoms with E-state index in [1.807, 2.05) is 35.2 Å². The molecule has 6 rings (SSSR count). The van der Waals surface area contributed by atoms with E-state index in [1.165, 1.54) is 70.1 Å². The van der Waals surface area contributed by atoms with Crippen LogP contribution in [0, 0.1) is 5.92 Å². The average Bonchev–Trinajstić information content (AvgIpc) is 3.17. The number of aliphatic imine (C=N–C) groups is 1. The number of carbonyl (C=O) groups is 2. The van der Waals surface area contributed by atoms with Gasteiger partial charge in [-0.3, -0.25) is 14.6 Å². The van der Waals surface area contributed by atoms with E-state index in [4.69, 9.17) is 4.99 Å². The van der Waals surface area contributed by atoms with Crippen LogP contribution in [-0.2, 0) is 9.59 Å². The quantitative estimate of drug-likeness (QED) is 0.377. The van der Waals surface area contributed by atoms with Crippen molar-refractivity contribution in [1.29, 1.82) is 0 Å². The van der Waals surface area contributed by atoms with E-state index >= 15 is 0 Å². The van der Waals surface area contributed by atoms with Crippen LogP contribution in [0.15, 0.2) is 53.5 Å². The van der Waals surface area contributed by atoms with Crippen LogP contribution in [0.25, 0.3) is 0 Å². The van der Waals surface area contributed by atoms with Gasteiger partial charge in [-0.1, -0.05) is 50.8 Å². The third-order valence-corrected chi connectivity index (χ3v) is 10.0. The van der Waals surface area contributed by atoms with Gasteiger partial charge in [-0.05, 0) is 88.4 Å². The predicted molar refractivity (Wildman–Crippen MR) is 176 cm³/mol. The van der Waals surface area contributed by atoms with Crippen LogP contribution in [0.4, 0.5) is 17.1 Å². The molecule has 0 radical (unpaired) electrons. The van der Waals surface area contributed by atoms with E-state index in [2.05, 4.69) is 40.2 Å². The van der Waals surface area contributed by atoms with Gasteiger partial charge in [0.1, 0.15) is 6.04 Å². The second-order valence-corrected chi connectivity index (χ2v) is 13.0. The lowest BCUT2D eigenvalue weighted by molar-refractivity contribution is -0.123. The number of likely N-dealkylation sites (tertiary alicyclic amines) is 1. The highest BCUT2D eigenvalue weighted by atomic mass is 16.2. The normalized spacial score (nSPS) is 22.6. The lowest BCUT2D eigenvalue weighted by atomic mass is 9.82. The van der Waals surface area contributed by atoms with Gasteiger partial charge in [-0.25, -0.2) is 0 Å². The number of anilines is 3. The number of nitrogens with zero attached hydrogens (tertiary/aromatic N) is 4. The molecule has 2 aromatic rings. The van der Waals surface area contributed by atoms with Gasteiger partial charge in [0.25, 0.3) is 5.91 Å². The zero-order valence-corrected chi connectivity index (χ0v) is 26.0. The molecule has 0 bridgehead atoms. The number of benzodiazepines with no additional fused rings is 1. The Labute approximate surface area is 257 Å². The van der Waals surface area contributed by atoms with E-state index in [0.717, 1.165) is 61.0 Å². The fraction of sp³-hybridized carbons (Fsp3) is 0.583. The average molecular weight is 584 g/mol. The molecule has 0 aromatic heterocycles. The third-order valence-electron chi connectivity index (χ3n) is 10.0. The zero-order valence-electron chi connectivity index (χ0n) is 26.0. The summed E-state index contributed by atoms with van der Waals surface area (Å²) < 4.78 is 0. The topological polar surface area (TPSA) is 68.2 Å². The molecule has 2 saturated heterocycles. The Hall–Kier alpha value is -3.19. The molecule has 2 amide bonds. The van der Waals surface area contributed by atoms with Crippen LogP contribution in [0.5, 0.6) is 0 Å². The Morgan fingerprint density at radius 2 is 1.56 bits per heavy atom. The first-order valence-corrected chi connectivity index (χ1v) is 17.0. The highest BCUT2D eigenvalue weighted by Gasteiger charge is 2.35. The van der Waals surface area contributed by atoms with Crippen molar-refractivity contribution < 1.29 is 9.59 Å². The Bertz CT molecular complexity index is 1270. The van der Waals surface area contributed by atoms with Gasteiger partial charge >= 0.3 is 0 Å². The number of rotatable bonds is 8. The first-order valence-electron chi connectivity index (χ1n) is 17.0. The molecule has 7 heteroatoms. The fourth-order valence-electron chi connectivity index (χ4n) is 7.72. The largest absolute Gasteiger partial charge is 0.371 e. The number of amides is 2. The maximum Gasteiger partial charge on any atom is 0.252 e. The van der Waals surface area contributed by atoms with Crippen LogP contribution < -0.4 is 15.1 Å². The zero-order chi connectivity index (χ0) is 29.6. The molecule has 1 saturated carbocycles. The molecule has 43 heavy (non-hydrogen) atoms. The first-order chi connectivity index (χ1) is 21.1. The monoisotopic (exact) mass is 583 g/mol. The highest BCUT2D eigenvalue weighted by molar-refractivity contribution is 6.14. The Morgan fingerprint density at radius 3 is 2.28 bits per heavy atom. The van der Waals surface area contributed by atoms with Crippen molar-refractivity contribution in [2.45, 2.75) is 96.1 Å². The van der Waals surface area contributed by atoms with Gasteiger partial charge in [-0.15, -0.1) is 0 Å². The van der Waals surface area contributed by atoms with Crippen molar-refractivity contribution in [3.05, 3.63) is 54.1 Å². The summed E-state index contributed by atoms with van der Waals surface area (Å²) in [6, 6.07) is 16.4. The SMILES string of the molecule is CCCN1C(=O)C(CC(=O)Nc2ccc(N3CCC(N4CCCCC4)CC3)cc2)N=C(C2CCCCC2)c2ccccc21. The van der Waals surface area contributed by atoms with Crippen molar-refractivity contribution >= 4 is 34.6 Å². The summed E-state index contributed by atoms with van der Waals surface area (Å²) in [5.41, 5.74) is 5.01. The predicted octanol–water partition coefficient (Wildman–Crippen LogP) is 6.66. The molecule has 1 aliphatic carbocycles. The lowest BCUT2D eigenvalue weighted by Crippen LogP contribution is -2.46. The van der Waals surface area contributed by atoms with Crippen LogP contribution in [0.1, 0.15) is 89.5 Å². The van der Waals surface area contributed by atoms with Crippen LogP contribution >= 0.6 is 0 Å². The summed E-state index contributed by atoms with van der Waals surface area (Å²) in [5.74, 6) is 0.105. The van der Waals surface area contributed by atoms with Gasteiger partial charge in [0.15, 0.2) is 0 Å². The summed E-state index contributed by atoms with van der Waals surface area (Å²) >= 11 is 0. The summed E-state index contributed by atoms with van der Waals surface area (Å²) in [5, 5.41) is 3.07. The number of nitrogens with one attached hydrogen (secondary N) is 1. The molecule has 1 unspecified atom stereocenters. The molecule has 230 valence electrons. The molecular weight excluding hydrogens is 534 g/mol. The third kappa shape index (κ3) is 6.98. The van der Waals surface area contributed by atoms with E-state index in [-0.39, 0.29) is 18.2 Å². The van der Waals surface area contributed by atoms with Crippen LogP contribution in [-0.4, -0.2) is 67.2 Å².